The van der Waals surface area contributed by atoms with Gasteiger partial charge in [0.1, 0.15) is 0 Å². The van der Waals surface area contributed by atoms with Crippen molar-refractivity contribution in [3.63, 3.8) is 0 Å². The van der Waals surface area contributed by atoms with Gasteiger partial charge in [0.2, 0.25) is 5.13 Å². The normalized spacial score (nSPS) is 15.7. The Balaban J connectivity index is 1.58. The van der Waals surface area contributed by atoms with Crippen LogP contribution in [0.5, 0.6) is 0 Å². The number of aryl methyl sites for hydroxylation is 1. The van der Waals surface area contributed by atoms with Gasteiger partial charge < -0.3 is 10.1 Å². The van der Waals surface area contributed by atoms with Gasteiger partial charge in [0.05, 0.1) is 19.2 Å². The highest BCUT2D eigenvalue weighted by Crippen LogP contribution is 2.25. The second kappa shape index (κ2) is 9.14. The van der Waals surface area contributed by atoms with E-state index in [1.165, 1.54) is 11.3 Å². The van der Waals surface area contributed by atoms with Gasteiger partial charge in [-0.2, -0.15) is 0 Å². The lowest BCUT2D eigenvalue weighted by Gasteiger charge is -2.30. The van der Waals surface area contributed by atoms with E-state index in [0.717, 1.165) is 42.3 Å². The van der Waals surface area contributed by atoms with Gasteiger partial charge in [-0.3, -0.25) is 9.69 Å². The summed E-state index contributed by atoms with van der Waals surface area (Å²) in [6.07, 6.45) is 1.62. The molecule has 1 aromatic carbocycles. The Bertz CT molecular complexity index is 859. The van der Waals surface area contributed by atoms with Crippen LogP contribution in [0.3, 0.4) is 0 Å². The van der Waals surface area contributed by atoms with Crippen molar-refractivity contribution in [3.8, 4) is 0 Å². The Kier molecular flexibility index (Phi) is 6.86. The molecule has 1 aliphatic rings. The van der Waals surface area contributed by atoms with Crippen LogP contribution in [0.4, 0.5) is 10.8 Å². The first-order valence-electron chi connectivity index (χ1n) is 8.96. The van der Waals surface area contributed by atoms with Gasteiger partial charge in [0.25, 0.3) is 0 Å². The SMILES string of the molecule is CCOC(=O)C1CCN(Cn2nc(Nc3ccc(C)c(Cl)c3)sc2=S)CC1. The predicted octanol–water partition coefficient (Wildman–Crippen LogP) is 4.61. The zero-order chi connectivity index (χ0) is 19.4. The lowest BCUT2D eigenvalue weighted by atomic mass is 9.97. The molecule has 0 atom stereocenters. The van der Waals surface area contributed by atoms with Crippen molar-refractivity contribution in [1.82, 2.24) is 14.7 Å². The molecule has 3 rings (SSSR count). The number of nitrogens with one attached hydrogen (secondary N) is 1. The maximum atomic E-state index is 11.8. The van der Waals surface area contributed by atoms with Crippen LogP contribution < -0.4 is 5.32 Å². The molecule has 9 heteroatoms. The molecule has 2 heterocycles. The summed E-state index contributed by atoms with van der Waals surface area (Å²) in [6, 6.07) is 5.82. The van der Waals surface area contributed by atoms with E-state index in [-0.39, 0.29) is 11.9 Å². The number of aromatic nitrogens is 2. The minimum atomic E-state index is -0.0781. The minimum Gasteiger partial charge on any atom is -0.466 e. The summed E-state index contributed by atoms with van der Waals surface area (Å²) in [5.74, 6) is -0.0706. The Labute approximate surface area is 173 Å². The van der Waals surface area contributed by atoms with Crippen molar-refractivity contribution >= 4 is 51.9 Å². The number of benzene rings is 1. The summed E-state index contributed by atoms with van der Waals surface area (Å²) in [4.78, 5) is 14.1. The number of anilines is 2. The fourth-order valence-corrected chi connectivity index (χ4v) is 4.19. The van der Waals surface area contributed by atoms with Gasteiger partial charge in [-0.1, -0.05) is 29.0 Å². The molecule has 0 spiro atoms. The maximum absolute atomic E-state index is 11.8. The molecule has 27 heavy (non-hydrogen) atoms. The Morgan fingerprint density at radius 3 is 2.85 bits per heavy atom. The average Bonchev–Trinajstić information content (AvgIpc) is 2.98. The molecular formula is C18H23ClN4O2S2. The number of piperidine rings is 1. The van der Waals surface area contributed by atoms with Crippen molar-refractivity contribution in [2.45, 2.75) is 33.4 Å². The first-order valence-corrected chi connectivity index (χ1v) is 10.6. The van der Waals surface area contributed by atoms with Gasteiger partial charge in [0, 0.05) is 23.8 Å². The van der Waals surface area contributed by atoms with Crippen molar-refractivity contribution in [2.24, 2.45) is 5.92 Å². The van der Waals surface area contributed by atoms with Gasteiger partial charge in [0.15, 0.2) is 3.95 Å². The monoisotopic (exact) mass is 426 g/mol. The third-order valence-corrected chi connectivity index (χ3v) is 6.20. The fraction of sp³-hybridized carbons (Fsp3) is 0.500. The van der Waals surface area contributed by atoms with E-state index in [1.807, 2.05) is 36.7 Å². The molecule has 1 aliphatic heterocycles. The molecule has 0 aliphatic carbocycles. The molecule has 1 fully saturated rings. The van der Waals surface area contributed by atoms with Crippen LogP contribution in [0.1, 0.15) is 25.3 Å². The van der Waals surface area contributed by atoms with Crippen molar-refractivity contribution in [3.05, 3.63) is 32.7 Å². The van der Waals surface area contributed by atoms with E-state index in [0.29, 0.717) is 22.3 Å². The molecule has 6 nitrogen and oxygen atoms in total. The number of likely N-dealkylation sites (tertiary alicyclic amines) is 1. The zero-order valence-electron chi connectivity index (χ0n) is 15.4. The average molecular weight is 427 g/mol. The highest BCUT2D eigenvalue weighted by molar-refractivity contribution is 7.73. The number of rotatable bonds is 6. The van der Waals surface area contributed by atoms with E-state index in [1.54, 1.807) is 0 Å². The lowest BCUT2D eigenvalue weighted by Crippen LogP contribution is -2.38. The summed E-state index contributed by atoms with van der Waals surface area (Å²) in [5, 5.41) is 9.29. The Morgan fingerprint density at radius 2 is 2.19 bits per heavy atom. The number of halogens is 1. The van der Waals surface area contributed by atoms with Crippen LogP contribution in [0.25, 0.3) is 0 Å². The van der Waals surface area contributed by atoms with Crippen LogP contribution in [-0.2, 0) is 16.2 Å². The summed E-state index contributed by atoms with van der Waals surface area (Å²) >= 11 is 13.1. The number of carbonyl (C=O) groups excluding carboxylic acids is 1. The predicted molar refractivity (Wildman–Crippen MR) is 111 cm³/mol. The molecule has 2 aromatic rings. The molecule has 0 unspecified atom stereocenters. The van der Waals surface area contributed by atoms with Crippen LogP contribution in [0.2, 0.25) is 5.02 Å². The molecule has 0 amide bonds. The van der Waals surface area contributed by atoms with Gasteiger partial charge in [-0.25, -0.2) is 4.68 Å². The minimum absolute atomic E-state index is 0.00752. The van der Waals surface area contributed by atoms with E-state index in [4.69, 9.17) is 28.6 Å². The Morgan fingerprint density at radius 1 is 1.44 bits per heavy atom. The van der Waals surface area contributed by atoms with E-state index < -0.39 is 0 Å². The van der Waals surface area contributed by atoms with Crippen molar-refractivity contribution in [1.29, 1.82) is 0 Å². The van der Waals surface area contributed by atoms with Gasteiger partial charge >= 0.3 is 5.97 Å². The van der Waals surface area contributed by atoms with E-state index >= 15 is 0 Å². The first-order chi connectivity index (χ1) is 13.0. The van der Waals surface area contributed by atoms with Crippen LogP contribution >= 0.6 is 35.2 Å². The van der Waals surface area contributed by atoms with Gasteiger partial charge in [-0.15, -0.1) is 5.10 Å². The van der Waals surface area contributed by atoms with Gasteiger partial charge in [-0.05, 0) is 56.6 Å². The number of nitrogens with zero attached hydrogens (tertiary/aromatic N) is 3. The third-order valence-electron chi connectivity index (χ3n) is 4.57. The molecule has 0 radical (unpaired) electrons. The van der Waals surface area contributed by atoms with Crippen LogP contribution in [0, 0.1) is 16.8 Å². The van der Waals surface area contributed by atoms with Crippen LogP contribution in [-0.4, -0.2) is 40.3 Å². The largest absolute Gasteiger partial charge is 0.466 e. The Hall–Kier alpha value is -1.48. The van der Waals surface area contributed by atoms with Crippen molar-refractivity contribution in [2.75, 3.05) is 25.0 Å². The number of hydrogen-bond donors (Lipinski definition) is 1. The number of esters is 1. The zero-order valence-corrected chi connectivity index (χ0v) is 17.8. The molecular weight excluding hydrogens is 404 g/mol. The highest BCUT2D eigenvalue weighted by Gasteiger charge is 2.26. The summed E-state index contributed by atoms with van der Waals surface area (Å²) in [5.41, 5.74) is 1.92. The lowest BCUT2D eigenvalue weighted by molar-refractivity contribution is -0.149. The third kappa shape index (κ3) is 5.28. The first kappa shape index (κ1) is 20.3. The molecule has 1 N–H and O–H groups in total. The topological polar surface area (TPSA) is 59.4 Å². The summed E-state index contributed by atoms with van der Waals surface area (Å²) in [7, 11) is 0. The second-order valence-corrected chi connectivity index (χ2v) is 8.58. The molecule has 1 saturated heterocycles. The number of hydrogen-bond acceptors (Lipinski definition) is 7. The van der Waals surface area contributed by atoms with E-state index in [9.17, 15) is 4.79 Å². The maximum Gasteiger partial charge on any atom is 0.309 e. The highest BCUT2D eigenvalue weighted by atomic mass is 35.5. The van der Waals surface area contributed by atoms with Crippen LogP contribution in [0.15, 0.2) is 18.2 Å². The second-order valence-electron chi connectivity index (χ2n) is 6.55. The molecule has 146 valence electrons. The molecule has 0 bridgehead atoms. The fourth-order valence-electron chi connectivity index (χ4n) is 3.00. The standard InChI is InChI=1S/C18H23ClN4O2S2/c1-3-25-16(24)13-6-8-22(9-7-13)11-23-18(26)27-17(21-23)20-14-5-4-12(2)15(19)10-14/h4-5,10,13H,3,6-9,11H2,1-2H3,(H,20,21). The quantitative estimate of drug-likeness (QED) is 0.537. The number of carbonyl (C=O) groups is 1. The molecule has 1 aromatic heterocycles. The summed E-state index contributed by atoms with van der Waals surface area (Å²) < 4.78 is 7.66. The van der Waals surface area contributed by atoms with Crippen molar-refractivity contribution < 1.29 is 9.53 Å². The number of ether oxygens (including phenoxy) is 1. The molecule has 0 saturated carbocycles. The van der Waals surface area contributed by atoms with E-state index in [2.05, 4.69) is 15.3 Å². The summed E-state index contributed by atoms with van der Waals surface area (Å²) in [6.45, 7) is 6.54. The smallest absolute Gasteiger partial charge is 0.309 e.